The fourth-order valence-electron chi connectivity index (χ4n) is 4.63. The summed E-state index contributed by atoms with van der Waals surface area (Å²) in [6, 6.07) is 17.3. The van der Waals surface area contributed by atoms with Crippen LogP contribution in [-0.2, 0) is 20.7 Å². The lowest BCUT2D eigenvalue weighted by Crippen LogP contribution is -2.53. The average molecular weight is 648 g/mol. The van der Waals surface area contributed by atoms with Crippen molar-refractivity contribution in [3.63, 3.8) is 0 Å². The molecule has 0 aliphatic carbocycles. The largest absolute Gasteiger partial charge is 0.444 e. The SMILES string of the molecule is CC(C)(C)OC(=O)NC(CCCN=C(NCCN)NCCN)C(=O)N[C@@H](CCc1ccccc1)C(=O)Nc1cnc2ccccc2c1. The number of para-hydroxylation sites is 1. The Morgan fingerprint density at radius 3 is 2.21 bits per heavy atom. The summed E-state index contributed by atoms with van der Waals surface area (Å²) >= 11 is 0. The first kappa shape index (κ1) is 36.7. The van der Waals surface area contributed by atoms with Gasteiger partial charge in [-0.05, 0) is 64.2 Å². The number of hydrogen-bond acceptors (Lipinski definition) is 8. The van der Waals surface area contributed by atoms with Gasteiger partial charge >= 0.3 is 6.09 Å². The molecule has 13 heteroatoms. The minimum Gasteiger partial charge on any atom is -0.444 e. The summed E-state index contributed by atoms with van der Waals surface area (Å²) in [5.41, 5.74) is 12.8. The first-order valence-corrected chi connectivity index (χ1v) is 16.0. The number of amides is 3. The second kappa shape index (κ2) is 19.0. The highest BCUT2D eigenvalue weighted by Gasteiger charge is 2.28. The summed E-state index contributed by atoms with van der Waals surface area (Å²) in [5.74, 6) is -0.344. The Hall–Kier alpha value is -4.75. The quantitative estimate of drug-likeness (QED) is 0.0693. The molecule has 3 amide bonds. The number of fused-ring (bicyclic) bond motifs is 1. The molecule has 2 aromatic carbocycles. The Morgan fingerprint density at radius 2 is 1.53 bits per heavy atom. The van der Waals surface area contributed by atoms with E-state index in [-0.39, 0.29) is 6.42 Å². The summed E-state index contributed by atoms with van der Waals surface area (Å²) < 4.78 is 5.44. The van der Waals surface area contributed by atoms with Crippen LogP contribution in [0.1, 0.15) is 45.6 Å². The second-order valence-corrected chi connectivity index (χ2v) is 12.0. The molecule has 1 aromatic heterocycles. The maximum Gasteiger partial charge on any atom is 0.408 e. The van der Waals surface area contributed by atoms with Crippen LogP contribution in [-0.4, -0.2) is 79.3 Å². The number of aromatic nitrogens is 1. The molecule has 1 unspecified atom stereocenters. The number of nitrogens with two attached hydrogens (primary N) is 2. The number of rotatable bonds is 16. The standard InChI is InChI=1S/C34H49N9O4/c1-34(2,3)47-33(46)43-28(14-9-19-37-32(38-20-17-35)39-21-18-36)31(45)42-29(16-15-24-10-5-4-6-11-24)30(44)41-26-22-25-12-7-8-13-27(25)40-23-26/h4-8,10-13,22-23,28-29H,9,14-21,35-36H2,1-3H3,(H,41,44)(H,42,45)(H,43,46)(H2,37,38,39)/t28?,29-/m0/s1. The molecular formula is C34H49N9O4. The number of aliphatic imine (C=N–C) groups is 1. The average Bonchev–Trinajstić information content (AvgIpc) is 3.04. The molecule has 0 saturated carbocycles. The molecule has 2 atom stereocenters. The summed E-state index contributed by atoms with van der Waals surface area (Å²) in [4.78, 5) is 49.1. The van der Waals surface area contributed by atoms with Gasteiger partial charge in [0.15, 0.2) is 5.96 Å². The topological polar surface area (TPSA) is 198 Å². The Kier molecular flexibility index (Phi) is 14.9. The number of ether oxygens (including phenoxy) is 1. The summed E-state index contributed by atoms with van der Waals surface area (Å²) in [6.07, 6.45) is 2.43. The van der Waals surface area contributed by atoms with E-state index in [4.69, 9.17) is 16.2 Å². The Bertz CT molecular complexity index is 1450. The molecule has 0 bridgehead atoms. The molecule has 9 N–H and O–H groups in total. The summed E-state index contributed by atoms with van der Waals surface area (Å²) in [5, 5.41) is 15.6. The van der Waals surface area contributed by atoms with Gasteiger partial charge in [0.1, 0.15) is 17.7 Å². The van der Waals surface area contributed by atoms with Gasteiger partial charge in [-0.1, -0.05) is 48.5 Å². The van der Waals surface area contributed by atoms with E-state index in [2.05, 4.69) is 36.6 Å². The number of carbonyl (C=O) groups excluding carboxylic acids is 3. The first-order chi connectivity index (χ1) is 22.6. The Balaban J connectivity index is 1.76. The molecule has 47 heavy (non-hydrogen) atoms. The van der Waals surface area contributed by atoms with Crippen molar-refractivity contribution >= 4 is 40.5 Å². The number of nitrogens with zero attached hydrogens (tertiary/aromatic N) is 2. The van der Waals surface area contributed by atoms with Gasteiger partial charge in [0.05, 0.1) is 17.4 Å². The maximum atomic E-state index is 13.7. The van der Waals surface area contributed by atoms with Crippen molar-refractivity contribution in [2.24, 2.45) is 16.5 Å². The van der Waals surface area contributed by atoms with Crippen LogP contribution in [0.2, 0.25) is 0 Å². The highest BCUT2D eigenvalue weighted by Crippen LogP contribution is 2.17. The van der Waals surface area contributed by atoms with Crippen LogP contribution in [0.4, 0.5) is 10.5 Å². The van der Waals surface area contributed by atoms with Crippen molar-refractivity contribution in [3.8, 4) is 0 Å². The van der Waals surface area contributed by atoms with E-state index in [1.54, 1.807) is 27.0 Å². The van der Waals surface area contributed by atoms with Crippen molar-refractivity contribution in [1.29, 1.82) is 0 Å². The van der Waals surface area contributed by atoms with Gasteiger partial charge in [-0.2, -0.15) is 0 Å². The summed E-state index contributed by atoms with van der Waals surface area (Å²) in [7, 11) is 0. The molecule has 3 rings (SSSR count). The lowest BCUT2D eigenvalue weighted by molar-refractivity contribution is -0.128. The van der Waals surface area contributed by atoms with Crippen LogP contribution in [0.25, 0.3) is 10.9 Å². The minimum atomic E-state index is -0.980. The predicted octanol–water partition coefficient (Wildman–Crippen LogP) is 2.42. The maximum absolute atomic E-state index is 13.7. The Labute approximate surface area is 276 Å². The highest BCUT2D eigenvalue weighted by molar-refractivity contribution is 5.99. The predicted molar refractivity (Wildman–Crippen MR) is 186 cm³/mol. The van der Waals surface area contributed by atoms with Crippen molar-refractivity contribution in [3.05, 3.63) is 72.4 Å². The van der Waals surface area contributed by atoms with E-state index in [0.717, 1.165) is 16.5 Å². The van der Waals surface area contributed by atoms with E-state index in [0.29, 0.717) is 63.6 Å². The number of alkyl carbamates (subject to hydrolysis) is 1. The zero-order valence-corrected chi connectivity index (χ0v) is 27.6. The smallest absolute Gasteiger partial charge is 0.408 e. The van der Waals surface area contributed by atoms with Crippen LogP contribution in [0.3, 0.4) is 0 Å². The van der Waals surface area contributed by atoms with Gasteiger partial charge in [0.2, 0.25) is 11.8 Å². The zero-order chi connectivity index (χ0) is 34.1. The van der Waals surface area contributed by atoms with Crippen LogP contribution in [0.5, 0.6) is 0 Å². The molecule has 0 spiro atoms. The van der Waals surface area contributed by atoms with Gasteiger partial charge < -0.3 is 42.8 Å². The fraction of sp³-hybridized carbons (Fsp3) is 0.441. The van der Waals surface area contributed by atoms with Crippen LogP contribution in [0, 0.1) is 0 Å². The molecule has 0 radical (unpaired) electrons. The first-order valence-electron chi connectivity index (χ1n) is 16.0. The molecule has 254 valence electrons. The van der Waals surface area contributed by atoms with Crippen molar-refractivity contribution in [1.82, 2.24) is 26.3 Å². The molecule has 0 aliphatic heterocycles. The van der Waals surface area contributed by atoms with Crippen LogP contribution >= 0.6 is 0 Å². The zero-order valence-electron chi connectivity index (χ0n) is 27.6. The molecule has 0 fully saturated rings. The van der Waals surface area contributed by atoms with Gasteiger partial charge in [0, 0.05) is 38.1 Å². The summed E-state index contributed by atoms with van der Waals surface area (Å²) in [6.45, 7) is 7.51. The lowest BCUT2D eigenvalue weighted by atomic mass is 10.0. The molecule has 3 aromatic rings. The highest BCUT2D eigenvalue weighted by atomic mass is 16.6. The number of aryl methyl sites for hydroxylation is 1. The third-order valence-electron chi connectivity index (χ3n) is 6.86. The third-order valence-corrected chi connectivity index (χ3v) is 6.86. The van der Waals surface area contributed by atoms with Gasteiger partial charge in [-0.25, -0.2) is 4.79 Å². The van der Waals surface area contributed by atoms with E-state index in [9.17, 15) is 14.4 Å². The molecular weight excluding hydrogens is 598 g/mol. The van der Waals surface area contributed by atoms with E-state index in [1.807, 2.05) is 60.7 Å². The molecule has 13 nitrogen and oxygen atoms in total. The molecule has 0 aliphatic rings. The van der Waals surface area contributed by atoms with E-state index < -0.39 is 35.6 Å². The van der Waals surface area contributed by atoms with Crippen molar-refractivity contribution in [2.75, 3.05) is 38.0 Å². The number of hydrogen-bond donors (Lipinski definition) is 7. The van der Waals surface area contributed by atoms with Crippen molar-refractivity contribution < 1.29 is 19.1 Å². The molecule has 1 heterocycles. The number of benzene rings is 2. The minimum absolute atomic E-state index is 0.247. The van der Waals surface area contributed by atoms with Crippen LogP contribution in [0.15, 0.2) is 71.9 Å². The third kappa shape index (κ3) is 13.6. The van der Waals surface area contributed by atoms with Gasteiger partial charge in [-0.15, -0.1) is 0 Å². The van der Waals surface area contributed by atoms with E-state index in [1.165, 1.54) is 0 Å². The Morgan fingerprint density at radius 1 is 0.872 bits per heavy atom. The number of carbonyl (C=O) groups is 3. The van der Waals surface area contributed by atoms with E-state index >= 15 is 0 Å². The van der Waals surface area contributed by atoms with Gasteiger partial charge in [-0.3, -0.25) is 19.6 Å². The number of pyridine rings is 1. The number of nitrogens with one attached hydrogen (secondary N) is 5. The normalized spacial score (nSPS) is 12.4. The number of guanidine groups is 1. The lowest BCUT2D eigenvalue weighted by Gasteiger charge is -2.25. The monoisotopic (exact) mass is 647 g/mol. The number of anilines is 1. The van der Waals surface area contributed by atoms with Gasteiger partial charge in [0.25, 0.3) is 0 Å². The van der Waals surface area contributed by atoms with Crippen molar-refractivity contribution in [2.45, 2.75) is 64.1 Å². The van der Waals surface area contributed by atoms with Crippen LogP contribution < -0.4 is 38.1 Å². The fourth-order valence-corrected chi connectivity index (χ4v) is 4.63. The second-order valence-electron chi connectivity index (χ2n) is 12.0. The molecule has 0 saturated heterocycles.